The number of thiazole rings is 1. The Morgan fingerprint density at radius 3 is 2.72 bits per heavy atom. The predicted octanol–water partition coefficient (Wildman–Crippen LogP) is 4.48. The van der Waals surface area contributed by atoms with Crippen molar-refractivity contribution in [2.24, 2.45) is 0 Å². The summed E-state index contributed by atoms with van der Waals surface area (Å²) < 4.78 is 0. The summed E-state index contributed by atoms with van der Waals surface area (Å²) in [6.45, 7) is 7.17. The van der Waals surface area contributed by atoms with Crippen molar-refractivity contribution in [3.05, 3.63) is 39.8 Å². The van der Waals surface area contributed by atoms with Gasteiger partial charge in [0.15, 0.2) is 0 Å². The lowest BCUT2D eigenvalue weighted by molar-refractivity contribution is 1.10. The van der Waals surface area contributed by atoms with Crippen molar-refractivity contribution < 1.29 is 0 Å². The SMILES string of the molecule is CCSc1ccccc1NCc1sc(C)nc1C. The fraction of sp³-hybridized carbons (Fsp3) is 0.357. The summed E-state index contributed by atoms with van der Waals surface area (Å²) in [5, 5.41) is 4.66. The highest BCUT2D eigenvalue weighted by atomic mass is 32.2. The minimum Gasteiger partial charge on any atom is -0.379 e. The van der Waals surface area contributed by atoms with E-state index in [9.17, 15) is 0 Å². The fourth-order valence-electron chi connectivity index (χ4n) is 1.81. The first kappa shape index (κ1) is 13.4. The summed E-state index contributed by atoms with van der Waals surface area (Å²) in [5.41, 5.74) is 2.36. The number of aryl methyl sites for hydroxylation is 2. The van der Waals surface area contributed by atoms with Crippen LogP contribution in [0.1, 0.15) is 22.5 Å². The van der Waals surface area contributed by atoms with Crippen LogP contribution in [0.2, 0.25) is 0 Å². The van der Waals surface area contributed by atoms with Gasteiger partial charge < -0.3 is 5.32 Å². The van der Waals surface area contributed by atoms with Crippen molar-refractivity contribution >= 4 is 28.8 Å². The Labute approximate surface area is 117 Å². The molecule has 0 spiro atoms. The van der Waals surface area contributed by atoms with Crippen molar-refractivity contribution in [1.82, 2.24) is 4.98 Å². The first-order chi connectivity index (χ1) is 8.70. The highest BCUT2D eigenvalue weighted by molar-refractivity contribution is 7.99. The average molecular weight is 278 g/mol. The van der Waals surface area contributed by atoms with Gasteiger partial charge in [-0.2, -0.15) is 0 Å². The Morgan fingerprint density at radius 2 is 2.06 bits per heavy atom. The van der Waals surface area contributed by atoms with Gasteiger partial charge >= 0.3 is 0 Å². The van der Waals surface area contributed by atoms with Gasteiger partial charge in [0.1, 0.15) is 0 Å². The van der Waals surface area contributed by atoms with E-state index in [2.05, 4.69) is 55.3 Å². The summed E-state index contributed by atoms with van der Waals surface area (Å²) in [6.07, 6.45) is 0. The molecule has 0 aliphatic rings. The topological polar surface area (TPSA) is 24.9 Å². The van der Waals surface area contributed by atoms with Gasteiger partial charge in [0.2, 0.25) is 0 Å². The molecule has 1 aromatic carbocycles. The van der Waals surface area contributed by atoms with E-state index < -0.39 is 0 Å². The zero-order chi connectivity index (χ0) is 13.0. The van der Waals surface area contributed by atoms with Crippen LogP contribution >= 0.6 is 23.1 Å². The van der Waals surface area contributed by atoms with E-state index in [4.69, 9.17) is 0 Å². The molecular formula is C14H18N2S2. The van der Waals surface area contributed by atoms with E-state index in [1.807, 2.05) is 11.8 Å². The maximum absolute atomic E-state index is 4.46. The maximum Gasteiger partial charge on any atom is 0.0900 e. The predicted molar refractivity (Wildman–Crippen MR) is 81.8 cm³/mol. The molecule has 0 radical (unpaired) electrons. The van der Waals surface area contributed by atoms with Gasteiger partial charge in [0, 0.05) is 15.5 Å². The lowest BCUT2D eigenvalue weighted by atomic mass is 10.3. The number of thioether (sulfide) groups is 1. The van der Waals surface area contributed by atoms with Gasteiger partial charge in [0.05, 0.1) is 17.2 Å². The largest absolute Gasteiger partial charge is 0.379 e. The van der Waals surface area contributed by atoms with Crippen LogP contribution in [0.15, 0.2) is 29.2 Å². The van der Waals surface area contributed by atoms with Crippen molar-refractivity contribution in [3.8, 4) is 0 Å². The van der Waals surface area contributed by atoms with E-state index in [0.717, 1.165) is 23.0 Å². The monoisotopic (exact) mass is 278 g/mol. The molecule has 2 nitrogen and oxygen atoms in total. The lowest BCUT2D eigenvalue weighted by Gasteiger charge is -2.10. The van der Waals surface area contributed by atoms with Gasteiger partial charge in [-0.1, -0.05) is 19.1 Å². The van der Waals surface area contributed by atoms with Gasteiger partial charge in [-0.25, -0.2) is 4.98 Å². The van der Waals surface area contributed by atoms with E-state index in [1.165, 1.54) is 15.5 Å². The van der Waals surface area contributed by atoms with Gasteiger partial charge in [-0.3, -0.25) is 0 Å². The second kappa shape index (κ2) is 6.25. The second-order valence-corrected chi connectivity index (χ2v) is 6.62. The van der Waals surface area contributed by atoms with Crippen LogP contribution in [0, 0.1) is 13.8 Å². The Bertz CT molecular complexity index is 520. The second-order valence-electron chi connectivity index (χ2n) is 4.02. The molecule has 0 bridgehead atoms. The summed E-state index contributed by atoms with van der Waals surface area (Å²) in [6, 6.07) is 8.47. The molecule has 1 heterocycles. The van der Waals surface area contributed by atoms with E-state index in [0.29, 0.717) is 0 Å². The normalized spacial score (nSPS) is 10.6. The van der Waals surface area contributed by atoms with Crippen molar-refractivity contribution in [2.45, 2.75) is 32.2 Å². The van der Waals surface area contributed by atoms with Crippen molar-refractivity contribution in [1.29, 1.82) is 0 Å². The van der Waals surface area contributed by atoms with Gasteiger partial charge in [0.25, 0.3) is 0 Å². The molecule has 1 aromatic heterocycles. The van der Waals surface area contributed by atoms with Crippen LogP contribution in [-0.2, 0) is 6.54 Å². The molecule has 0 amide bonds. The number of rotatable bonds is 5. The van der Waals surface area contributed by atoms with Crippen LogP contribution in [-0.4, -0.2) is 10.7 Å². The van der Waals surface area contributed by atoms with Crippen molar-refractivity contribution in [3.63, 3.8) is 0 Å². The third kappa shape index (κ3) is 3.27. The molecule has 2 rings (SSSR count). The van der Waals surface area contributed by atoms with E-state index in [1.54, 1.807) is 11.3 Å². The van der Waals surface area contributed by atoms with E-state index >= 15 is 0 Å². The minimum atomic E-state index is 0.860. The van der Waals surface area contributed by atoms with Crippen LogP contribution in [0.3, 0.4) is 0 Å². The average Bonchev–Trinajstić information content (AvgIpc) is 2.67. The molecule has 96 valence electrons. The highest BCUT2D eigenvalue weighted by Crippen LogP contribution is 2.27. The number of hydrogen-bond acceptors (Lipinski definition) is 4. The maximum atomic E-state index is 4.46. The first-order valence-corrected chi connectivity index (χ1v) is 7.89. The number of benzene rings is 1. The molecule has 0 aliphatic carbocycles. The van der Waals surface area contributed by atoms with E-state index in [-0.39, 0.29) is 0 Å². The Hall–Kier alpha value is -1.00. The smallest absolute Gasteiger partial charge is 0.0900 e. The molecule has 0 atom stereocenters. The third-order valence-electron chi connectivity index (χ3n) is 2.63. The fourth-order valence-corrected chi connectivity index (χ4v) is 3.47. The summed E-state index contributed by atoms with van der Waals surface area (Å²) >= 11 is 3.64. The minimum absolute atomic E-state index is 0.860. The number of anilines is 1. The third-order valence-corrected chi connectivity index (χ3v) is 4.65. The van der Waals surface area contributed by atoms with Gasteiger partial charge in [-0.05, 0) is 31.7 Å². The number of aromatic nitrogens is 1. The summed E-state index contributed by atoms with van der Waals surface area (Å²) in [5.74, 6) is 1.09. The zero-order valence-electron chi connectivity index (χ0n) is 11.0. The number of nitrogens with one attached hydrogen (secondary N) is 1. The molecule has 0 saturated heterocycles. The van der Waals surface area contributed by atoms with Gasteiger partial charge in [-0.15, -0.1) is 23.1 Å². The molecule has 1 N–H and O–H groups in total. The van der Waals surface area contributed by atoms with Crippen LogP contribution in [0.5, 0.6) is 0 Å². The number of nitrogens with zero attached hydrogens (tertiary/aromatic N) is 1. The lowest BCUT2D eigenvalue weighted by Crippen LogP contribution is -2.00. The summed E-state index contributed by atoms with van der Waals surface area (Å²) in [4.78, 5) is 7.10. The molecule has 0 aliphatic heterocycles. The zero-order valence-corrected chi connectivity index (χ0v) is 12.6. The standard InChI is InChI=1S/C14H18N2S2/c1-4-17-13-8-6-5-7-12(13)15-9-14-10(2)16-11(3)18-14/h5-8,15H,4,9H2,1-3H3. The first-order valence-electron chi connectivity index (χ1n) is 6.09. The summed E-state index contributed by atoms with van der Waals surface area (Å²) in [7, 11) is 0. The molecular weight excluding hydrogens is 260 g/mol. The van der Waals surface area contributed by atoms with Crippen molar-refractivity contribution in [2.75, 3.05) is 11.1 Å². The molecule has 0 fully saturated rings. The highest BCUT2D eigenvalue weighted by Gasteiger charge is 2.06. The molecule has 0 unspecified atom stereocenters. The Morgan fingerprint density at radius 1 is 1.28 bits per heavy atom. The molecule has 18 heavy (non-hydrogen) atoms. The van der Waals surface area contributed by atoms with Crippen LogP contribution in [0.25, 0.3) is 0 Å². The van der Waals surface area contributed by atoms with Crippen LogP contribution in [0.4, 0.5) is 5.69 Å². The van der Waals surface area contributed by atoms with Crippen LogP contribution < -0.4 is 5.32 Å². The number of hydrogen-bond donors (Lipinski definition) is 1. The molecule has 2 aromatic rings. The molecule has 4 heteroatoms. The Balaban J connectivity index is 2.08. The molecule has 0 saturated carbocycles. The Kier molecular flexibility index (Phi) is 4.66. The quantitative estimate of drug-likeness (QED) is 0.816. The number of para-hydroxylation sites is 1.